The molecule has 1 saturated carbocycles. The number of nitrogens with one attached hydrogen (secondary N) is 1. The molecule has 88 valence electrons. The zero-order chi connectivity index (χ0) is 11.1. The Kier molecular flexibility index (Phi) is 5.47. The lowest BCUT2D eigenvalue weighted by atomic mass is 9.96. The van der Waals surface area contributed by atoms with Crippen LogP contribution in [-0.4, -0.2) is 36.6 Å². The highest BCUT2D eigenvalue weighted by Crippen LogP contribution is 2.17. The monoisotopic (exact) mass is 213 g/mol. The van der Waals surface area contributed by atoms with E-state index in [9.17, 15) is 4.79 Å². The Morgan fingerprint density at radius 1 is 1.40 bits per heavy atom. The molecule has 1 aliphatic carbocycles. The predicted octanol–water partition coefficient (Wildman–Crippen LogP) is 1.31. The molecule has 4 nitrogen and oxygen atoms in total. The first-order chi connectivity index (χ1) is 7.27. The fourth-order valence-electron chi connectivity index (χ4n) is 2.07. The average molecular weight is 213 g/mol. The highest BCUT2D eigenvalue weighted by Gasteiger charge is 2.18. The number of carbonyl (C=O) groups excluding carboxylic acids is 1. The van der Waals surface area contributed by atoms with E-state index in [2.05, 4.69) is 5.32 Å². The molecule has 0 heterocycles. The number of urea groups is 1. The van der Waals surface area contributed by atoms with Crippen molar-refractivity contribution < 1.29 is 4.79 Å². The van der Waals surface area contributed by atoms with E-state index < -0.39 is 0 Å². The van der Waals surface area contributed by atoms with Gasteiger partial charge in [-0.1, -0.05) is 19.3 Å². The Labute approximate surface area is 92.2 Å². The molecule has 0 bridgehead atoms. The fraction of sp³-hybridized carbons (Fsp3) is 0.909. The number of carbonyl (C=O) groups is 1. The van der Waals surface area contributed by atoms with Crippen LogP contribution >= 0.6 is 0 Å². The van der Waals surface area contributed by atoms with Crippen molar-refractivity contribution in [1.29, 1.82) is 0 Å². The molecule has 0 spiro atoms. The molecule has 15 heavy (non-hydrogen) atoms. The van der Waals surface area contributed by atoms with Gasteiger partial charge in [0.2, 0.25) is 0 Å². The van der Waals surface area contributed by atoms with E-state index >= 15 is 0 Å². The third-order valence-electron chi connectivity index (χ3n) is 3.00. The molecule has 2 amide bonds. The lowest BCUT2D eigenvalue weighted by molar-refractivity contribution is 0.194. The minimum atomic E-state index is 0.0508. The Hall–Kier alpha value is -0.770. The molecular formula is C11H23N3O. The largest absolute Gasteiger partial charge is 0.335 e. The van der Waals surface area contributed by atoms with Gasteiger partial charge in [0.1, 0.15) is 0 Å². The van der Waals surface area contributed by atoms with Gasteiger partial charge in [0.15, 0.2) is 0 Å². The Bertz CT molecular complexity index is 190. The smallest absolute Gasteiger partial charge is 0.317 e. The number of hydrogen-bond donors (Lipinski definition) is 2. The summed E-state index contributed by atoms with van der Waals surface area (Å²) in [4.78, 5) is 13.6. The highest BCUT2D eigenvalue weighted by molar-refractivity contribution is 5.74. The van der Waals surface area contributed by atoms with Crippen LogP contribution < -0.4 is 11.1 Å². The minimum Gasteiger partial charge on any atom is -0.335 e. The normalized spacial score (nSPS) is 17.5. The summed E-state index contributed by atoms with van der Waals surface area (Å²) < 4.78 is 0. The van der Waals surface area contributed by atoms with Gasteiger partial charge in [-0.25, -0.2) is 4.79 Å². The van der Waals surface area contributed by atoms with Crippen molar-refractivity contribution >= 4 is 6.03 Å². The molecule has 0 aromatic rings. The molecule has 1 fully saturated rings. The number of amides is 2. The SMILES string of the molecule is CCN(CCN)C(=O)NC1CCCCC1. The van der Waals surface area contributed by atoms with Gasteiger partial charge >= 0.3 is 6.03 Å². The third-order valence-corrected chi connectivity index (χ3v) is 3.00. The molecule has 0 aromatic carbocycles. The summed E-state index contributed by atoms with van der Waals surface area (Å²) in [6, 6.07) is 0.438. The Morgan fingerprint density at radius 2 is 2.07 bits per heavy atom. The summed E-state index contributed by atoms with van der Waals surface area (Å²) >= 11 is 0. The van der Waals surface area contributed by atoms with E-state index in [1.54, 1.807) is 4.90 Å². The maximum Gasteiger partial charge on any atom is 0.317 e. The molecule has 1 aliphatic rings. The molecule has 0 atom stereocenters. The average Bonchev–Trinajstić information content (AvgIpc) is 2.27. The molecular weight excluding hydrogens is 190 g/mol. The summed E-state index contributed by atoms with van der Waals surface area (Å²) in [5.74, 6) is 0. The predicted molar refractivity (Wildman–Crippen MR) is 61.7 cm³/mol. The van der Waals surface area contributed by atoms with Crippen LogP contribution in [0.5, 0.6) is 0 Å². The summed E-state index contributed by atoms with van der Waals surface area (Å²) in [6.07, 6.45) is 6.06. The van der Waals surface area contributed by atoms with E-state index in [4.69, 9.17) is 5.73 Å². The molecule has 3 N–H and O–H groups in total. The van der Waals surface area contributed by atoms with E-state index in [0.29, 0.717) is 19.1 Å². The van der Waals surface area contributed by atoms with Crippen LogP contribution in [0.3, 0.4) is 0 Å². The maximum atomic E-state index is 11.8. The summed E-state index contributed by atoms with van der Waals surface area (Å²) in [5, 5.41) is 3.09. The molecule has 0 aliphatic heterocycles. The van der Waals surface area contributed by atoms with Gasteiger partial charge in [-0.05, 0) is 19.8 Å². The molecule has 0 radical (unpaired) electrons. The zero-order valence-electron chi connectivity index (χ0n) is 9.67. The fourth-order valence-corrected chi connectivity index (χ4v) is 2.07. The lowest BCUT2D eigenvalue weighted by Crippen LogP contribution is -2.46. The first-order valence-corrected chi connectivity index (χ1v) is 6.03. The van der Waals surface area contributed by atoms with Gasteiger partial charge in [-0.15, -0.1) is 0 Å². The molecule has 0 aromatic heterocycles. The van der Waals surface area contributed by atoms with Crippen molar-refractivity contribution in [3.8, 4) is 0 Å². The highest BCUT2D eigenvalue weighted by atomic mass is 16.2. The molecule has 1 rings (SSSR count). The minimum absolute atomic E-state index is 0.0508. The second kappa shape index (κ2) is 6.67. The molecule has 0 saturated heterocycles. The van der Waals surface area contributed by atoms with Crippen molar-refractivity contribution in [2.24, 2.45) is 5.73 Å². The van der Waals surface area contributed by atoms with E-state index in [1.165, 1.54) is 19.3 Å². The Morgan fingerprint density at radius 3 is 2.60 bits per heavy atom. The third kappa shape index (κ3) is 4.08. The van der Waals surface area contributed by atoms with Crippen LogP contribution in [0, 0.1) is 0 Å². The van der Waals surface area contributed by atoms with Crippen molar-refractivity contribution in [1.82, 2.24) is 10.2 Å². The first kappa shape index (κ1) is 12.3. The summed E-state index contributed by atoms with van der Waals surface area (Å²) in [7, 11) is 0. The van der Waals surface area contributed by atoms with Crippen LogP contribution in [0.2, 0.25) is 0 Å². The maximum absolute atomic E-state index is 11.8. The van der Waals surface area contributed by atoms with Gasteiger partial charge in [0.05, 0.1) is 0 Å². The van der Waals surface area contributed by atoms with Crippen LogP contribution in [0.4, 0.5) is 4.79 Å². The molecule has 4 heteroatoms. The van der Waals surface area contributed by atoms with Crippen molar-refractivity contribution in [2.75, 3.05) is 19.6 Å². The lowest BCUT2D eigenvalue weighted by Gasteiger charge is -2.27. The number of nitrogens with zero attached hydrogens (tertiary/aromatic N) is 1. The summed E-state index contributed by atoms with van der Waals surface area (Å²) in [5.41, 5.74) is 5.45. The van der Waals surface area contributed by atoms with Crippen LogP contribution in [-0.2, 0) is 0 Å². The number of rotatable bonds is 4. The van der Waals surface area contributed by atoms with Crippen molar-refractivity contribution in [2.45, 2.75) is 45.1 Å². The van der Waals surface area contributed by atoms with E-state index in [-0.39, 0.29) is 6.03 Å². The van der Waals surface area contributed by atoms with Crippen LogP contribution in [0.25, 0.3) is 0 Å². The van der Waals surface area contributed by atoms with Crippen molar-refractivity contribution in [3.63, 3.8) is 0 Å². The van der Waals surface area contributed by atoms with E-state index in [0.717, 1.165) is 19.4 Å². The van der Waals surface area contributed by atoms with Gasteiger partial charge in [0, 0.05) is 25.7 Å². The number of likely N-dealkylation sites (N-methyl/N-ethyl adjacent to an activating group) is 1. The standard InChI is InChI=1S/C11H23N3O/c1-2-14(9-8-12)11(15)13-10-6-4-3-5-7-10/h10H,2-9,12H2,1H3,(H,13,15). The van der Waals surface area contributed by atoms with Crippen LogP contribution in [0.15, 0.2) is 0 Å². The van der Waals surface area contributed by atoms with Gasteiger partial charge in [-0.3, -0.25) is 0 Å². The van der Waals surface area contributed by atoms with Crippen LogP contribution in [0.1, 0.15) is 39.0 Å². The molecule has 0 unspecified atom stereocenters. The number of hydrogen-bond acceptors (Lipinski definition) is 2. The first-order valence-electron chi connectivity index (χ1n) is 6.03. The van der Waals surface area contributed by atoms with Crippen molar-refractivity contribution in [3.05, 3.63) is 0 Å². The van der Waals surface area contributed by atoms with E-state index in [1.807, 2.05) is 6.92 Å². The van der Waals surface area contributed by atoms with Gasteiger partial charge in [0.25, 0.3) is 0 Å². The topological polar surface area (TPSA) is 58.4 Å². The second-order valence-corrected chi connectivity index (χ2v) is 4.15. The van der Waals surface area contributed by atoms with Gasteiger partial charge in [-0.2, -0.15) is 0 Å². The second-order valence-electron chi connectivity index (χ2n) is 4.15. The quantitative estimate of drug-likeness (QED) is 0.739. The number of nitrogens with two attached hydrogens (primary N) is 1. The van der Waals surface area contributed by atoms with Gasteiger partial charge < -0.3 is 16.0 Å². The zero-order valence-corrected chi connectivity index (χ0v) is 9.67. The Balaban J connectivity index is 2.31. The summed E-state index contributed by atoms with van der Waals surface area (Å²) in [6.45, 7) is 3.90.